The zero-order valence-corrected chi connectivity index (χ0v) is 12.3. The summed E-state index contributed by atoms with van der Waals surface area (Å²) >= 11 is 0. The molecule has 0 saturated carbocycles. The van der Waals surface area contributed by atoms with E-state index >= 15 is 0 Å². The summed E-state index contributed by atoms with van der Waals surface area (Å²) in [5, 5.41) is 3.61. The average molecular weight is 248 g/mol. The quantitative estimate of drug-likeness (QED) is 0.759. The third-order valence-corrected chi connectivity index (χ3v) is 3.42. The topological polar surface area (TPSA) is 15.3 Å². The lowest BCUT2D eigenvalue weighted by molar-refractivity contribution is 0.283. The summed E-state index contributed by atoms with van der Waals surface area (Å²) in [6.07, 6.45) is 2.59. The first-order chi connectivity index (χ1) is 8.65. The molecule has 1 aromatic rings. The Morgan fingerprint density at radius 2 is 1.78 bits per heavy atom. The maximum Gasteiger partial charge on any atom is 0.0466 e. The molecule has 0 aliphatic carbocycles. The fraction of sp³-hybridized carbons (Fsp3) is 0.625. The van der Waals surface area contributed by atoms with Crippen LogP contribution in [0.2, 0.25) is 0 Å². The van der Waals surface area contributed by atoms with Crippen molar-refractivity contribution < 1.29 is 0 Å². The average Bonchev–Trinajstić information content (AvgIpc) is 2.35. The van der Waals surface area contributed by atoms with E-state index in [-0.39, 0.29) is 0 Å². The first-order valence-corrected chi connectivity index (χ1v) is 7.07. The van der Waals surface area contributed by atoms with E-state index in [0.717, 1.165) is 19.0 Å². The monoisotopic (exact) mass is 248 g/mol. The summed E-state index contributed by atoms with van der Waals surface area (Å²) < 4.78 is 0. The first-order valence-electron chi connectivity index (χ1n) is 7.07. The second kappa shape index (κ2) is 8.28. The SMILES string of the molecule is CCCC(C)CNCC(c1ccccc1)N(C)C. The van der Waals surface area contributed by atoms with E-state index in [4.69, 9.17) is 0 Å². The van der Waals surface area contributed by atoms with Crippen molar-refractivity contribution in [2.75, 3.05) is 27.2 Å². The number of benzene rings is 1. The van der Waals surface area contributed by atoms with Gasteiger partial charge in [-0.05, 0) is 38.5 Å². The molecule has 0 radical (unpaired) electrons. The molecule has 2 atom stereocenters. The van der Waals surface area contributed by atoms with Crippen LogP contribution in [0.3, 0.4) is 0 Å². The highest BCUT2D eigenvalue weighted by molar-refractivity contribution is 5.19. The van der Waals surface area contributed by atoms with Crippen LogP contribution in [-0.4, -0.2) is 32.1 Å². The molecule has 0 fully saturated rings. The van der Waals surface area contributed by atoms with Gasteiger partial charge in [-0.1, -0.05) is 50.6 Å². The molecule has 1 N–H and O–H groups in total. The van der Waals surface area contributed by atoms with Crippen molar-refractivity contribution >= 4 is 0 Å². The van der Waals surface area contributed by atoms with Gasteiger partial charge in [0.05, 0.1) is 0 Å². The fourth-order valence-electron chi connectivity index (χ4n) is 2.34. The lowest BCUT2D eigenvalue weighted by Crippen LogP contribution is -2.33. The van der Waals surface area contributed by atoms with Crippen LogP contribution in [0.1, 0.15) is 38.3 Å². The summed E-state index contributed by atoms with van der Waals surface area (Å²) in [7, 11) is 4.30. The van der Waals surface area contributed by atoms with Crippen molar-refractivity contribution in [1.29, 1.82) is 0 Å². The number of hydrogen-bond donors (Lipinski definition) is 1. The second-order valence-corrected chi connectivity index (χ2v) is 5.44. The van der Waals surface area contributed by atoms with Crippen molar-refractivity contribution in [3.8, 4) is 0 Å². The van der Waals surface area contributed by atoms with Crippen LogP contribution in [0, 0.1) is 5.92 Å². The van der Waals surface area contributed by atoms with Crippen LogP contribution >= 0.6 is 0 Å². The van der Waals surface area contributed by atoms with E-state index in [1.807, 2.05) is 0 Å². The highest BCUT2D eigenvalue weighted by atomic mass is 15.1. The van der Waals surface area contributed by atoms with Crippen LogP contribution in [0.25, 0.3) is 0 Å². The van der Waals surface area contributed by atoms with Crippen LogP contribution in [0.15, 0.2) is 30.3 Å². The molecule has 0 spiro atoms. The summed E-state index contributed by atoms with van der Waals surface area (Å²) in [4.78, 5) is 2.28. The third-order valence-electron chi connectivity index (χ3n) is 3.42. The molecular weight excluding hydrogens is 220 g/mol. The van der Waals surface area contributed by atoms with E-state index in [1.165, 1.54) is 18.4 Å². The molecule has 0 amide bonds. The molecule has 102 valence electrons. The predicted molar refractivity (Wildman–Crippen MR) is 79.8 cm³/mol. The van der Waals surface area contributed by atoms with Gasteiger partial charge in [0.1, 0.15) is 0 Å². The normalized spacial score (nSPS) is 14.7. The van der Waals surface area contributed by atoms with E-state index in [2.05, 4.69) is 68.5 Å². The molecule has 0 aliphatic rings. The van der Waals surface area contributed by atoms with Gasteiger partial charge in [0.15, 0.2) is 0 Å². The largest absolute Gasteiger partial charge is 0.315 e. The number of nitrogens with one attached hydrogen (secondary N) is 1. The van der Waals surface area contributed by atoms with E-state index in [0.29, 0.717) is 6.04 Å². The zero-order valence-electron chi connectivity index (χ0n) is 12.3. The predicted octanol–water partition coefficient (Wildman–Crippen LogP) is 3.32. The van der Waals surface area contributed by atoms with Crippen LogP contribution < -0.4 is 5.32 Å². The van der Waals surface area contributed by atoms with Gasteiger partial charge in [-0.3, -0.25) is 0 Å². The highest BCUT2D eigenvalue weighted by Gasteiger charge is 2.13. The standard InChI is InChI=1S/C16H28N2/c1-5-9-14(2)12-17-13-16(18(3)4)15-10-7-6-8-11-15/h6-8,10-11,14,16-17H,5,9,12-13H2,1-4H3. The van der Waals surface area contributed by atoms with Gasteiger partial charge in [-0.2, -0.15) is 0 Å². The highest BCUT2D eigenvalue weighted by Crippen LogP contribution is 2.16. The number of hydrogen-bond acceptors (Lipinski definition) is 2. The lowest BCUT2D eigenvalue weighted by atomic mass is 10.0. The van der Waals surface area contributed by atoms with Gasteiger partial charge >= 0.3 is 0 Å². The third kappa shape index (κ3) is 5.19. The molecule has 2 unspecified atom stereocenters. The van der Waals surface area contributed by atoms with Crippen LogP contribution in [0.4, 0.5) is 0 Å². The van der Waals surface area contributed by atoms with Crippen molar-refractivity contribution in [3.05, 3.63) is 35.9 Å². The van der Waals surface area contributed by atoms with Crippen molar-refractivity contribution in [1.82, 2.24) is 10.2 Å². The Balaban J connectivity index is 2.45. The first kappa shape index (κ1) is 15.2. The van der Waals surface area contributed by atoms with Crippen molar-refractivity contribution in [2.24, 2.45) is 5.92 Å². The minimum Gasteiger partial charge on any atom is -0.315 e. The van der Waals surface area contributed by atoms with Crippen molar-refractivity contribution in [3.63, 3.8) is 0 Å². The van der Waals surface area contributed by atoms with Crippen molar-refractivity contribution in [2.45, 2.75) is 32.7 Å². The Morgan fingerprint density at radius 1 is 1.11 bits per heavy atom. The number of rotatable bonds is 8. The minimum atomic E-state index is 0.458. The van der Waals surface area contributed by atoms with E-state index < -0.39 is 0 Å². The molecule has 0 aliphatic heterocycles. The summed E-state index contributed by atoms with van der Waals surface area (Å²) in [5.74, 6) is 0.772. The number of likely N-dealkylation sites (N-methyl/N-ethyl adjacent to an activating group) is 1. The lowest BCUT2D eigenvalue weighted by Gasteiger charge is -2.26. The molecule has 2 heteroatoms. The van der Waals surface area contributed by atoms with Gasteiger partial charge in [0.2, 0.25) is 0 Å². The smallest absolute Gasteiger partial charge is 0.0466 e. The molecule has 0 saturated heterocycles. The van der Waals surface area contributed by atoms with Crippen LogP contribution in [-0.2, 0) is 0 Å². The Morgan fingerprint density at radius 3 is 2.33 bits per heavy atom. The Kier molecular flexibility index (Phi) is 6.99. The fourth-order valence-corrected chi connectivity index (χ4v) is 2.34. The Hall–Kier alpha value is -0.860. The Labute approximate surface area is 112 Å². The zero-order chi connectivity index (χ0) is 13.4. The van der Waals surface area contributed by atoms with Gasteiger partial charge < -0.3 is 10.2 Å². The van der Waals surface area contributed by atoms with Gasteiger partial charge in [0, 0.05) is 12.6 Å². The van der Waals surface area contributed by atoms with Gasteiger partial charge in [-0.25, -0.2) is 0 Å². The van der Waals surface area contributed by atoms with E-state index in [1.54, 1.807) is 0 Å². The molecule has 0 bridgehead atoms. The molecule has 18 heavy (non-hydrogen) atoms. The summed E-state index contributed by atoms with van der Waals surface area (Å²) in [6.45, 7) is 6.71. The Bertz CT molecular complexity index is 308. The van der Waals surface area contributed by atoms with E-state index in [9.17, 15) is 0 Å². The maximum absolute atomic E-state index is 3.61. The minimum absolute atomic E-state index is 0.458. The second-order valence-electron chi connectivity index (χ2n) is 5.44. The summed E-state index contributed by atoms with van der Waals surface area (Å²) in [6, 6.07) is 11.2. The number of nitrogens with zero attached hydrogens (tertiary/aromatic N) is 1. The molecule has 1 rings (SSSR count). The molecule has 2 nitrogen and oxygen atoms in total. The van der Waals surface area contributed by atoms with Gasteiger partial charge in [0.25, 0.3) is 0 Å². The van der Waals surface area contributed by atoms with Crippen LogP contribution in [0.5, 0.6) is 0 Å². The summed E-state index contributed by atoms with van der Waals surface area (Å²) in [5.41, 5.74) is 1.39. The molecular formula is C16H28N2. The molecule has 1 aromatic carbocycles. The molecule has 0 heterocycles. The maximum atomic E-state index is 3.61. The molecule has 0 aromatic heterocycles. The van der Waals surface area contributed by atoms with Gasteiger partial charge in [-0.15, -0.1) is 0 Å².